The number of nitrogens with zero attached hydrogens (tertiary/aromatic N) is 3. The van der Waals surface area contributed by atoms with Crippen LogP contribution in [-0.4, -0.2) is 4.98 Å². The zero-order valence-corrected chi connectivity index (χ0v) is 23.5. The summed E-state index contributed by atoms with van der Waals surface area (Å²) in [6.45, 7) is 0. The molecule has 0 fully saturated rings. The molecule has 7 aromatic rings. The maximum atomic E-state index is 4.24. The number of aromatic nitrogens is 3. The van der Waals surface area contributed by atoms with Crippen LogP contribution in [0.4, 0.5) is 0 Å². The van der Waals surface area contributed by atoms with Crippen molar-refractivity contribution in [2.24, 2.45) is 0 Å². The van der Waals surface area contributed by atoms with Gasteiger partial charge in [-0.2, -0.15) is 2.78 Å². The molecule has 0 N–H and O–H groups in total. The van der Waals surface area contributed by atoms with Crippen LogP contribution in [0.25, 0.3) is 65.3 Å². The van der Waals surface area contributed by atoms with E-state index in [4.69, 9.17) is 0 Å². The monoisotopic (exact) mass is 693 g/mol. The summed E-state index contributed by atoms with van der Waals surface area (Å²) in [5.41, 5.74) is 5.99. The molecule has 0 unspecified atom stereocenters. The lowest BCUT2D eigenvalue weighted by Gasteiger charge is -2.09. The van der Waals surface area contributed by atoms with E-state index in [9.17, 15) is 0 Å². The summed E-state index contributed by atoms with van der Waals surface area (Å²) in [6.07, 6.45) is 10.3. The fourth-order valence-electron chi connectivity index (χ4n) is 5.09. The summed E-state index contributed by atoms with van der Waals surface area (Å²) >= 11 is 6.59. The molecule has 3 nitrogen and oxygen atoms in total. The van der Waals surface area contributed by atoms with Crippen LogP contribution < -0.4 is 5.56 Å². The highest BCUT2D eigenvalue weighted by atomic mass is 127. The van der Waals surface area contributed by atoms with Crippen molar-refractivity contribution >= 4 is 111 Å². The highest BCUT2D eigenvalue weighted by Gasteiger charge is 2.22. The van der Waals surface area contributed by atoms with Gasteiger partial charge >= 0.3 is 22.9 Å². The van der Waals surface area contributed by atoms with E-state index in [0.29, 0.717) is 0 Å². The zero-order chi connectivity index (χ0) is 23.5. The lowest BCUT2D eigenvalue weighted by molar-refractivity contribution is -0.431. The van der Waals surface area contributed by atoms with E-state index in [-0.39, 0.29) is 0 Å². The lowest BCUT2D eigenvalue weighted by atomic mass is 9.93. The minimum Gasteiger partial charge on any atom is -0.169 e. The number of hydrogen-bond donors (Lipinski definition) is 0. The van der Waals surface area contributed by atoms with Gasteiger partial charge in [-0.25, -0.2) is 0 Å². The molecule has 0 amide bonds. The summed E-state index contributed by atoms with van der Waals surface area (Å²) in [5.74, 6) is 0. The first kappa shape index (κ1) is 21.6. The first-order chi connectivity index (χ1) is 17.2. The molecule has 166 valence electrons. The van der Waals surface area contributed by atoms with Gasteiger partial charge in [-0.05, 0) is 34.7 Å². The van der Waals surface area contributed by atoms with E-state index < -0.39 is 0 Å². The van der Waals surface area contributed by atoms with E-state index >= 15 is 0 Å². The number of fused-ring (bicyclic) bond motifs is 3. The Morgan fingerprint density at radius 2 is 1.51 bits per heavy atom. The third kappa shape index (κ3) is 3.37. The molecule has 6 heteroatoms. The van der Waals surface area contributed by atoms with Crippen LogP contribution in [0.5, 0.6) is 0 Å². The Bertz CT molecular complexity index is 1940. The quantitative estimate of drug-likeness (QED) is 0.104. The number of halogens is 2. The van der Waals surface area contributed by atoms with Gasteiger partial charge in [0.25, 0.3) is 6.33 Å². The van der Waals surface area contributed by atoms with Crippen molar-refractivity contribution < 1.29 is 5.56 Å². The summed E-state index contributed by atoms with van der Waals surface area (Å²) < 4.78 is 6.97. The summed E-state index contributed by atoms with van der Waals surface area (Å²) in [6, 6.07) is 26.2. The molecule has 35 heavy (non-hydrogen) atoms. The van der Waals surface area contributed by atoms with Crippen LogP contribution in [-0.2, 0) is 0 Å². The maximum absolute atomic E-state index is 4.24. The molecule has 0 saturated heterocycles. The van der Waals surface area contributed by atoms with E-state index in [1.54, 1.807) is 0 Å². The van der Waals surface area contributed by atoms with Gasteiger partial charge < -0.3 is 0 Å². The molecule has 0 atom stereocenters. The van der Waals surface area contributed by atoms with Crippen LogP contribution in [0.3, 0.4) is 0 Å². The predicted octanol–water partition coefficient (Wildman–Crippen LogP) is 8.00. The highest BCUT2D eigenvalue weighted by molar-refractivity contribution is 14.1. The Balaban J connectivity index is 1.52. The normalized spacial score (nSPS) is 12.2. The summed E-state index contributed by atoms with van der Waals surface area (Å²) in [7, 11) is 0. The topological polar surface area (TPSA) is 20.6 Å². The Labute approximate surface area is 233 Å². The molecule has 0 aliphatic rings. The first-order valence-corrected chi connectivity index (χ1v) is 13.9. The van der Waals surface area contributed by atoms with Gasteiger partial charge in [-0.1, -0.05) is 59.6 Å². The fraction of sp³-hybridized carbons (Fsp3) is 0. The zero-order valence-electron chi connectivity index (χ0n) is 18.3. The van der Waals surface area contributed by atoms with Gasteiger partial charge in [0.15, 0.2) is 6.20 Å². The molecule has 3 heterocycles. The van der Waals surface area contributed by atoms with Crippen LogP contribution in [0.1, 0.15) is 11.1 Å². The second-order valence-corrected chi connectivity index (χ2v) is 11.6. The van der Waals surface area contributed by atoms with Crippen molar-refractivity contribution in [1.29, 1.82) is 0 Å². The second kappa shape index (κ2) is 8.46. The number of hydrogen-bond acceptors (Lipinski definition) is 2. The largest absolute Gasteiger partial charge is 0.354 e. The molecule has 0 spiro atoms. The molecule has 3 aromatic heterocycles. The van der Waals surface area contributed by atoms with Crippen LogP contribution >= 0.6 is 57.1 Å². The molecular formula is C29H17I2N3S+2. The standard InChI is InChI=1S/C29H17I2N3S/c30-33-16-4-8-22-21-7-3-9-24-27(21)28-25(35-24)13-12-19(26(28)29(22)33)11-10-18-5-1-2-6-20(18)23-14-15-32-17-34(23)31/h1-17H/q+2/b11-10+. The van der Waals surface area contributed by atoms with Gasteiger partial charge in [0.1, 0.15) is 11.9 Å². The van der Waals surface area contributed by atoms with Crippen molar-refractivity contribution in [1.82, 2.24) is 4.98 Å². The third-order valence-electron chi connectivity index (χ3n) is 6.57. The number of pyridine rings is 1. The van der Waals surface area contributed by atoms with Crippen LogP contribution in [0, 0.1) is 0 Å². The maximum Gasteiger partial charge on any atom is 0.354 e. The average Bonchev–Trinajstić information content (AvgIpc) is 3.27. The third-order valence-corrected chi connectivity index (χ3v) is 9.26. The summed E-state index contributed by atoms with van der Waals surface area (Å²) in [4.78, 5) is 4.24. The predicted molar refractivity (Wildman–Crippen MR) is 163 cm³/mol. The number of thiophene rings is 1. The van der Waals surface area contributed by atoms with Crippen LogP contribution in [0.2, 0.25) is 0 Å². The van der Waals surface area contributed by atoms with Crippen molar-refractivity contribution in [2.45, 2.75) is 0 Å². The van der Waals surface area contributed by atoms with Crippen molar-refractivity contribution in [3.63, 3.8) is 0 Å². The molecule has 0 aliphatic heterocycles. The molecule has 0 aliphatic carbocycles. The fourth-order valence-corrected chi connectivity index (χ4v) is 7.48. The molecule has 4 aromatic carbocycles. The average molecular weight is 693 g/mol. The van der Waals surface area contributed by atoms with E-state index in [0.717, 1.165) is 5.69 Å². The molecular weight excluding hydrogens is 676 g/mol. The first-order valence-electron chi connectivity index (χ1n) is 11.2. The van der Waals surface area contributed by atoms with Crippen molar-refractivity contribution in [3.8, 4) is 11.3 Å². The van der Waals surface area contributed by atoms with E-state index in [1.165, 1.54) is 58.5 Å². The smallest absolute Gasteiger partial charge is 0.169 e. The van der Waals surface area contributed by atoms with Gasteiger partial charge in [0.05, 0.1) is 10.8 Å². The SMILES string of the molecule is I[n+]1cnccc1-c1ccccc1/C=C/c1ccc2sc3cccc4c5ccc[n+](I)c5c1c2c34. The van der Waals surface area contributed by atoms with Gasteiger partial charge in [-0.3, -0.25) is 0 Å². The molecule has 0 bridgehead atoms. The number of rotatable bonds is 3. The Morgan fingerprint density at radius 3 is 2.43 bits per heavy atom. The Kier molecular flexibility index (Phi) is 5.22. The van der Waals surface area contributed by atoms with Gasteiger partial charge in [0, 0.05) is 37.9 Å². The second-order valence-electron chi connectivity index (χ2n) is 8.46. The molecule has 7 rings (SSSR count). The molecule has 0 saturated carbocycles. The molecule has 0 radical (unpaired) electrons. The van der Waals surface area contributed by atoms with E-state index in [2.05, 4.69) is 145 Å². The van der Waals surface area contributed by atoms with Crippen molar-refractivity contribution in [3.05, 3.63) is 103 Å². The lowest BCUT2D eigenvalue weighted by Crippen LogP contribution is -2.22. The van der Waals surface area contributed by atoms with Gasteiger partial charge in [-0.15, -0.1) is 14.1 Å². The van der Waals surface area contributed by atoms with Crippen LogP contribution in [0.15, 0.2) is 91.5 Å². The minimum atomic E-state index is 1.13. The van der Waals surface area contributed by atoms with Crippen molar-refractivity contribution in [2.75, 3.05) is 0 Å². The summed E-state index contributed by atoms with van der Waals surface area (Å²) in [5, 5.41) is 6.70. The van der Waals surface area contributed by atoms with Gasteiger partial charge in [0.2, 0.25) is 28.4 Å². The van der Waals surface area contributed by atoms with E-state index in [1.807, 2.05) is 26.6 Å². The highest BCUT2D eigenvalue weighted by Crippen LogP contribution is 2.45. The minimum absolute atomic E-state index is 1.13. The number of benzene rings is 4. The Hall–Kier alpha value is -2.69. The Morgan fingerprint density at radius 1 is 0.686 bits per heavy atom.